The first-order chi connectivity index (χ1) is 13.9. The van der Waals surface area contributed by atoms with E-state index in [2.05, 4.69) is 102 Å². The van der Waals surface area contributed by atoms with Crippen LogP contribution in [-0.2, 0) is 0 Å². The maximum Gasteiger partial charge on any atom is 0.0465 e. The number of benzene rings is 4. The van der Waals surface area contributed by atoms with E-state index in [4.69, 9.17) is 0 Å². The fraction of sp³-hybridized carbons (Fsp3) is 0. The Kier molecular flexibility index (Phi) is 3.40. The van der Waals surface area contributed by atoms with Crippen molar-refractivity contribution in [3.63, 3.8) is 0 Å². The molecule has 0 bridgehead atoms. The van der Waals surface area contributed by atoms with Gasteiger partial charge in [-0.05, 0) is 35.4 Å². The van der Waals surface area contributed by atoms with Gasteiger partial charge in [0, 0.05) is 42.3 Å². The van der Waals surface area contributed by atoms with Gasteiger partial charge in [0.25, 0.3) is 0 Å². The maximum atomic E-state index is 3.53. The Morgan fingerprint density at radius 2 is 1.25 bits per heavy atom. The molecule has 2 heteroatoms. The van der Waals surface area contributed by atoms with Gasteiger partial charge >= 0.3 is 0 Å². The highest BCUT2D eigenvalue weighted by Crippen LogP contribution is 2.45. The largest absolute Gasteiger partial charge is 0.355 e. The summed E-state index contributed by atoms with van der Waals surface area (Å²) in [6.07, 6.45) is 0. The molecule has 0 atom stereocenters. The van der Waals surface area contributed by atoms with Gasteiger partial charge in [0.05, 0.1) is 0 Å². The van der Waals surface area contributed by atoms with E-state index in [1.807, 2.05) is 11.3 Å². The van der Waals surface area contributed by atoms with Crippen molar-refractivity contribution in [1.82, 2.24) is 4.98 Å². The number of thiophene rings is 1. The highest BCUT2D eigenvalue weighted by molar-refractivity contribution is 7.23. The minimum atomic E-state index is 1.19. The third kappa shape index (κ3) is 2.32. The second kappa shape index (κ2) is 6.08. The minimum absolute atomic E-state index is 1.19. The topological polar surface area (TPSA) is 15.8 Å². The van der Waals surface area contributed by atoms with E-state index in [0.29, 0.717) is 0 Å². The third-order valence-corrected chi connectivity index (χ3v) is 6.65. The van der Waals surface area contributed by atoms with Crippen LogP contribution in [0.1, 0.15) is 0 Å². The molecule has 6 aromatic rings. The molecule has 0 amide bonds. The summed E-state index contributed by atoms with van der Waals surface area (Å²) in [7, 11) is 0. The van der Waals surface area contributed by atoms with Crippen LogP contribution in [0, 0.1) is 0 Å². The second-order valence-corrected chi connectivity index (χ2v) is 8.15. The SMILES string of the molecule is c1ccc(-c2c(-c3ccc4[nH]c5ccccc5c4c3)sc3ccccc23)cc1. The molecule has 2 aromatic heterocycles. The molecule has 0 unspecified atom stereocenters. The van der Waals surface area contributed by atoms with Crippen molar-refractivity contribution >= 4 is 43.2 Å². The van der Waals surface area contributed by atoms with Gasteiger partial charge in [-0.1, -0.05) is 72.8 Å². The van der Waals surface area contributed by atoms with E-state index < -0.39 is 0 Å². The first-order valence-corrected chi connectivity index (χ1v) is 10.3. The molecule has 0 saturated carbocycles. The molecule has 1 nitrogen and oxygen atoms in total. The number of hydrogen-bond donors (Lipinski definition) is 1. The Hall–Kier alpha value is -3.36. The smallest absolute Gasteiger partial charge is 0.0465 e. The molecule has 0 radical (unpaired) electrons. The summed E-state index contributed by atoms with van der Waals surface area (Å²) in [4.78, 5) is 4.87. The second-order valence-electron chi connectivity index (χ2n) is 7.10. The lowest BCUT2D eigenvalue weighted by atomic mass is 9.98. The molecule has 2 heterocycles. The summed E-state index contributed by atoms with van der Waals surface area (Å²) < 4.78 is 1.33. The summed E-state index contributed by atoms with van der Waals surface area (Å²) in [5.74, 6) is 0. The molecule has 0 saturated heterocycles. The van der Waals surface area contributed by atoms with E-state index in [1.165, 1.54) is 53.5 Å². The highest BCUT2D eigenvalue weighted by atomic mass is 32.1. The molecule has 28 heavy (non-hydrogen) atoms. The number of para-hydroxylation sites is 1. The molecule has 1 N–H and O–H groups in total. The van der Waals surface area contributed by atoms with Crippen LogP contribution >= 0.6 is 11.3 Å². The minimum Gasteiger partial charge on any atom is -0.355 e. The zero-order valence-electron chi connectivity index (χ0n) is 15.1. The molecular weight excluding hydrogens is 358 g/mol. The number of H-pyrrole nitrogens is 1. The summed E-state index contributed by atoms with van der Waals surface area (Å²) in [5, 5.41) is 3.89. The Morgan fingerprint density at radius 1 is 0.536 bits per heavy atom. The Morgan fingerprint density at radius 3 is 2.14 bits per heavy atom. The Labute approximate surface area is 166 Å². The van der Waals surface area contributed by atoms with Crippen LogP contribution in [0.15, 0.2) is 97.1 Å². The van der Waals surface area contributed by atoms with Crippen LogP contribution in [-0.4, -0.2) is 4.98 Å². The van der Waals surface area contributed by atoms with Gasteiger partial charge in [0.15, 0.2) is 0 Å². The van der Waals surface area contributed by atoms with Gasteiger partial charge < -0.3 is 4.98 Å². The fourth-order valence-electron chi connectivity index (χ4n) is 4.13. The molecule has 0 fully saturated rings. The predicted molar refractivity (Wildman–Crippen MR) is 122 cm³/mol. The average molecular weight is 375 g/mol. The van der Waals surface area contributed by atoms with Crippen molar-refractivity contribution in [3.05, 3.63) is 97.1 Å². The monoisotopic (exact) mass is 375 g/mol. The molecule has 0 aliphatic carbocycles. The summed E-state index contributed by atoms with van der Waals surface area (Å²) in [5.41, 5.74) is 6.26. The Balaban J connectivity index is 1.67. The van der Waals surface area contributed by atoms with Crippen molar-refractivity contribution < 1.29 is 0 Å². The molecule has 0 spiro atoms. The lowest BCUT2D eigenvalue weighted by molar-refractivity contribution is 1.55. The zero-order valence-corrected chi connectivity index (χ0v) is 16.0. The van der Waals surface area contributed by atoms with Gasteiger partial charge in [-0.15, -0.1) is 11.3 Å². The van der Waals surface area contributed by atoms with Crippen LogP contribution in [0.25, 0.3) is 53.5 Å². The van der Waals surface area contributed by atoms with E-state index in [9.17, 15) is 0 Å². The summed E-state index contributed by atoms with van der Waals surface area (Å²) in [6.45, 7) is 0. The normalized spacial score (nSPS) is 11.6. The van der Waals surface area contributed by atoms with Crippen LogP contribution in [0.3, 0.4) is 0 Å². The van der Waals surface area contributed by atoms with Crippen molar-refractivity contribution in [2.45, 2.75) is 0 Å². The average Bonchev–Trinajstić information content (AvgIpc) is 3.32. The van der Waals surface area contributed by atoms with Gasteiger partial charge in [-0.3, -0.25) is 0 Å². The standard InChI is InChI=1S/C26H17NS/c1-2-8-17(9-3-1)25-20-11-5-7-13-24(20)28-26(25)18-14-15-23-21(16-18)19-10-4-6-12-22(19)27-23/h1-16,27H. The number of nitrogens with one attached hydrogen (secondary N) is 1. The van der Waals surface area contributed by atoms with E-state index in [0.717, 1.165) is 0 Å². The van der Waals surface area contributed by atoms with Crippen molar-refractivity contribution in [2.75, 3.05) is 0 Å². The molecule has 132 valence electrons. The van der Waals surface area contributed by atoms with Crippen LogP contribution in [0.4, 0.5) is 0 Å². The lowest BCUT2D eigenvalue weighted by Gasteiger charge is -2.06. The van der Waals surface area contributed by atoms with Gasteiger partial charge in [0.2, 0.25) is 0 Å². The van der Waals surface area contributed by atoms with Crippen LogP contribution in [0.2, 0.25) is 0 Å². The van der Waals surface area contributed by atoms with Crippen LogP contribution in [0.5, 0.6) is 0 Å². The third-order valence-electron chi connectivity index (χ3n) is 5.43. The van der Waals surface area contributed by atoms with Gasteiger partial charge in [0.1, 0.15) is 0 Å². The van der Waals surface area contributed by atoms with Crippen molar-refractivity contribution in [3.8, 4) is 21.6 Å². The molecule has 6 rings (SSSR count). The van der Waals surface area contributed by atoms with Crippen molar-refractivity contribution in [2.24, 2.45) is 0 Å². The van der Waals surface area contributed by atoms with Gasteiger partial charge in [-0.25, -0.2) is 0 Å². The predicted octanol–water partition coefficient (Wildman–Crippen LogP) is 7.87. The highest BCUT2D eigenvalue weighted by Gasteiger charge is 2.16. The first-order valence-electron chi connectivity index (χ1n) is 9.46. The molecule has 4 aromatic carbocycles. The van der Waals surface area contributed by atoms with E-state index in [1.54, 1.807) is 0 Å². The molecule has 0 aliphatic rings. The van der Waals surface area contributed by atoms with E-state index >= 15 is 0 Å². The molecule has 0 aliphatic heterocycles. The number of rotatable bonds is 2. The molecular formula is C26H17NS. The summed E-state index contributed by atoms with van der Waals surface area (Å²) >= 11 is 1.88. The number of aromatic nitrogens is 1. The quantitative estimate of drug-likeness (QED) is 0.317. The summed E-state index contributed by atoms with van der Waals surface area (Å²) in [6, 6.07) is 34.8. The van der Waals surface area contributed by atoms with E-state index in [-0.39, 0.29) is 0 Å². The fourth-order valence-corrected chi connectivity index (χ4v) is 5.35. The number of fused-ring (bicyclic) bond motifs is 4. The number of hydrogen-bond acceptors (Lipinski definition) is 1. The van der Waals surface area contributed by atoms with Gasteiger partial charge in [-0.2, -0.15) is 0 Å². The Bertz CT molecular complexity index is 1450. The maximum absolute atomic E-state index is 3.53. The first kappa shape index (κ1) is 15.7. The zero-order chi connectivity index (χ0) is 18.5. The van der Waals surface area contributed by atoms with Crippen molar-refractivity contribution in [1.29, 1.82) is 0 Å². The lowest BCUT2D eigenvalue weighted by Crippen LogP contribution is -1.80. The van der Waals surface area contributed by atoms with Crippen LogP contribution < -0.4 is 0 Å². The number of aromatic amines is 1.